The van der Waals surface area contributed by atoms with Crippen molar-refractivity contribution < 1.29 is 28.9 Å². The Morgan fingerprint density at radius 1 is 1.13 bits per heavy atom. The molecule has 0 saturated heterocycles. The van der Waals surface area contributed by atoms with Gasteiger partial charge in [0.2, 0.25) is 7.37 Å². The van der Waals surface area contributed by atoms with Gasteiger partial charge in [0, 0.05) is 12.1 Å². The van der Waals surface area contributed by atoms with Crippen LogP contribution in [0.5, 0.6) is 0 Å². The van der Waals surface area contributed by atoms with Crippen LogP contribution in [0.4, 0.5) is 4.79 Å². The highest BCUT2D eigenvalue weighted by atomic mass is 32.2. The lowest BCUT2D eigenvalue weighted by Gasteiger charge is -2.24. The van der Waals surface area contributed by atoms with E-state index in [1.807, 2.05) is 54.8 Å². The Morgan fingerprint density at radius 2 is 1.71 bits per heavy atom. The number of carbonyl (C=O) groups is 2. The Bertz CT molecular complexity index is 952. The molecule has 0 radical (unpaired) electrons. The van der Waals surface area contributed by atoms with E-state index in [4.69, 9.17) is 9.84 Å². The van der Waals surface area contributed by atoms with Gasteiger partial charge in [0.05, 0.1) is 6.42 Å². The number of hydrogen-bond acceptors (Lipinski definition) is 5. The number of benzene rings is 2. The molecule has 0 heterocycles. The molecule has 2 unspecified atom stereocenters. The fourth-order valence-electron chi connectivity index (χ4n) is 3.79. The van der Waals surface area contributed by atoms with Gasteiger partial charge in [-0.15, -0.1) is 0 Å². The average molecular weight is 463 g/mol. The van der Waals surface area contributed by atoms with Crippen molar-refractivity contribution in [3.8, 4) is 11.1 Å². The predicted molar refractivity (Wildman–Crippen MR) is 122 cm³/mol. The van der Waals surface area contributed by atoms with Crippen LogP contribution in [0.2, 0.25) is 0 Å². The number of aliphatic carboxylic acids is 1. The molecule has 1 aliphatic rings. The zero-order valence-corrected chi connectivity index (χ0v) is 18.9. The number of ether oxygens (including phenoxy) is 1. The molecule has 0 aromatic heterocycles. The summed E-state index contributed by atoms with van der Waals surface area (Å²) in [5.41, 5.74) is 4.37. The van der Waals surface area contributed by atoms with Crippen molar-refractivity contribution in [3.05, 3.63) is 59.7 Å². The first-order chi connectivity index (χ1) is 14.8. The maximum absolute atomic E-state index is 12.7. The van der Waals surface area contributed by atoms with Crippen molar-refractivity contribution in [1.29, 1.82) is 0 Å². The molecule has 0 bridgehead atoms. The van der Waals surface area contributed by atoms with Crippen LogP contribution in [0, 0.1) is 0 Å². The van der Waals surface area contributed by atoms with Crippen molar-refractivity contribution in [3.63, 3.8) is 0 Å². The molecule has 2 atom stereocenters. The van der Waals surface area contributed by atoms with E-state index in [-0.39, 0.29) is 18.9 Å². The molecular formula is C22H26NO6PS. The minimum atomic E-state index is -3.90. The monoisotopic (exact) mass is 463 g/mol. The Morgan fingerprint density at radius 3 is 2.26 bits per heavy atom. The number of hydrogen-bond donors (Lipinski definition) is 3. The van der Waals surface area contributed by atoms with Crippen LogP contribution in [0.1, 0.15) is 29.9 Å². The smallest absolute Gasteiger partial charge is 0.407 e. The minimum Gasteiger partial charge on any atom is -0.481 e. The number of alkyl carbamates (subject to hydrolysis) is 1. The van der Waals surface area contributed by atoms with E-state index < -0.39 is 37.8 Å². The van der Waals surface area contributed by atoms with E-state index >= 15 is 0 Å². The molecule has 9 heteroatoms. The molecule has 0 saturated carbocycles. The van der Waals surface area contributed by atoms with E-state index in [2.05, 4.69) is 5.32 Å². The first-order valence-electron chi connectivity index (χ1n) is 9.97. The van der Waals surface area contributed by atoms with Gasteiger partial charge in [-0.3, -0.25) is 9.36 Å². The van der Waals surface area contributed by atoms with E-state index in [1.54, 1.807) is 0 Å². The number of carboxylic acid groups (broad SMARTS) is 1. The summed E-state index contributed by atoms with van der Waals surface area (Å²) in [6, 6.07) is 15.9. The quantitative estimate of drug-likeness (QED) is 0.449. The van der Waals surface area contributed by atoms with Crippen LogP contribution in [-0.2, 0) is 14.1 Å². The molecule has 0 fully saturated rings. The summed E-state index contributed by atoms with van der Waals surface area (Å²) in [4.78, 5) is 33.7. The van der Waals surface area contributed by atoms with Gasteiger partial charge >= 0.3 is 12.1 Å². The highest BCUT2D eigenvalue weighted by Crippen LogP contribution is 2.47. The SMILES string of the molecule is CSCCC(NC(=O)OCC1c2ccccc2-c2ccccc21)P(=O)(O)CCC(=O)O. The number of carbonyl (C=O) groups excluding carboxylic acids is 1. The highest BCUT2D eigenvalue weighted by molar-refractivity contribution is 7.98. The van der Waals surface area contributed by atoms with Crippen molar-refractivity contribution in [2.75, 3.05) is 24.8 Å². The van der Waals surface area contributed by atoms with Gasteiger partial charge in [0.1, 0.15) is 12.4 Å². The Balaban J connectivity index is 1.68. The molecule has 2 aromatic carbocycles. The molecule has 0 spiro atoms. The molecule has 7 nitrogen and oxygen atoms in total. The van der Waals surface area contributed by atoms with Crippen molar-refractivity contribution in [2.24, 2.45) is 0 Å². The summed E-state index contributed by atoms with van der Waals surface area (Å²) < 4.78 is 18.1. The summed E-state index contributed by atoms with van der Waals surface area (Å²) in [5.74, 6) is -1.77. The third kappa shape index (κ3) is 5.70. The van der Waals surface area contributed by atoms with E-state index in [0.717, 1.165) is 22.3 Å². The van der Waals surface area contributed by atoms with Gasteiger partial charge in [0.25, 0.3) is 0 Å². The Labute approximate surface area is 185 Å². The maximum Gasteiger partial charge on any atom is 0.407 e. The average Bonchev–Trinajstić information content (AvgIpc) is 3.07. The molecule has 1 aliphatic carbocycles. The van der Waals surface area contributed by atoms with Crippen LogP contribution >= 0.6 is 19.1 Å². The first kappa shape index (κ1) is 23.4. The fraction of sp³-hybridized carbons (Fsp3) is 0.364. The lowest BCUT2D eigenvalue weighted by atomic mass is 9.98. The first-order valence-corrected chi connectivity index (χ1v) is 13.3. The predicted octanol–water partition coefficient (Wildman–Crippen LogP) is 4.35. The molecule has 2 aromatic rings. The van der Waals surface area contributed by atoms with Gasteiger partial charge in [-0.1, -0.05) is 48.5 Å². The maximum atomic E-state index is 12.7. The van der Waals surface area contributed by atoms with Crippen molar-refractivity contribution >= 4 is 31.2 Å². The third-order valence-electron chi connectivity index (χ3n) is 5.36. The molecule has 0 aliphatic heterocycles. The van der Waals surface area contributed by atoms with Crippen molar-refractivity contribution in [2.45, 2.75) is 24.5 Å². The number of amides is 1. The number of carboxylic acids is 1. The number of thioether (sulfide) groups is 1. The normalized spacial score (nSPS) is 15.4. The molecule has 3 rings (SSSR count). The van der Waals surface area contributed by atoms with Gasteiger partial charge in [-0.05, 0) is 40.7 Å². The van der Waals surface area contributed by atoms with E-state index in [1.165, 1.54) is 11.8 Å². The molecule has 3 N–H and O–H groups in total. The molecule has 166 valence electrons. The lowest BCUT2D eigenvalue weighted by Crippen LogP contribution is -2.37. The van der Waals surface area contributed by atoms with Gasteiger partial charge in [-0.25, -0.2) is 4.79 Å². The van der Waals surface area contributed by atoms with E-state index in [0.29, 0.717) is 5.75 Å². The second-order valence-corrected chi connectivity index (χ2v) is 11.0. The Hall–Kier alpha value is -2.28. The largest absolute Gasteiger partial charge is 0.481 e. The zero-order chi connectivity index (χ0) is 22.4. The standard InChI is InChI=1S/C22H26NO6PS/c1-31-13-11-20(30(27,28)12-10-21(24)25)23-22(26)29-14-19-17-8-4-2-6-15(17)16-7-3-5-9-18(16)19/h2-9,19-20H,10-14H2,1H3,(H,23,26)(H,24,25)(H,27,28). The number of fused-ring (bicyclic) bond motifs is 3. The molecular weight excluding hydrogens is 437 g/mol. The number of rotatable bonds is 10. The molecule has 1 amide bonds. The molecule has 31 heavy (non-hydrogen) atoms. The summed E-state index contributed by atoms with van der Waals surface area (Å²) in [7, 11) is -3.90. The van der Waals surface area contributed by atoms with Crippen LogP contribution < -0.4 is 5.32 Å². The summed E-state index contributed by atoms with van der Waals surface area (Å²) in [5, 5.41) is 11.3. The van der Waals surface area contributed by atoms with Gasteiger partial charge < -0.3 is 20.1 Å². The van der Waals surface area contributed by atoms with Crippen LogP contribution in [0.3, 0.4) is 0 Å². The fourth-order valence-corrected chi connectivity index (χ4v) is 6.10. The summed E-state index contributed by atoms with van der Waals surface area (Å²) >= 11 is 1.48. The van der Waals surface area contributed by atoms with E-state index in [9.17, 15) is 19.0 Å². The lowest BCUT2D eigenvalue weighted by molar-refractivity contribution is -0.136. The van der Waals surface area contributed by atoms with Crippen LogP contribution in [0.25, 0.3) is 11.1 Å². The second-order valence-electron chi connectivity index (χ2n) is 7.39. The topological polar surface area (TPSA) is 113 Å². The summed E-state index contributed by atoms with van der Waals surface area (Å²) in [6.07, 6.45) is 0.487. The third-order valence-corrected chi connectivity index (χ3v) is 8.23. The van der Waals surface area contributed by atoms with Crippen molar-refractivity contribution in [1.82, 2.24) is 5.32 Å². The summed E-state index contributed by atoms with van der Waals surface area (Å²) in [6.45, 7) is 0.0972. The van der Waals surface area contributed by atoms with Gasteiger partial charge in [0.15, 0.2) is 0 Å². The van der Waals surface area contributed by atoms with Crippen LogP contribution in [-0.4, -0.2) is 52.6 Å². The zero-order valence-electron chi connectivity index (χ0n) is 17.2. The second kappa shape index (κ2) is 10.4. The number of nitrogens with one attached hydrogen (secondary N) is 1. The van der Waals surface area contributed by atoms with Gasteiger partial charge in [-0.2, -0.15) is 11.8 Å². The minimum absolute atomic E-state index is 0.0972. The van der Waals surface area contributed by atoms with Crippen LogP contribution in [0.15, 0.2) is 48.5 Å². The Kier molecular flexibility index (Phi) is 7.81. The highest BCUT2D eigenvalue weighted by Gasteiger charge is 2.34.